The van der Waals surface area contributed by atoms with E-state index in [1.54, 1.807) is 23.0 Å². The third kappa shape index (κ3) is 5.00. The van der Waals surface area contributed by atoms with Gasteiger partial charge < -0.3 is 10.6 Å². The van der Waals surface area contributed by atoms with Crippen molar-refractivity contribution in [1.82, 2.24) is 29.4 Å². The summed E-state index contributed by atoms with van der Waals surface area (Å²) in [5.41, 5.74) is 1.91. The Morgan fingerprint density at radius 3 is 2.74 bits per heavy atom. The minimum Gasteiger partial charge on any atom is -0.382 e. The molecule has 4 heterocycles. The number of sulfonamides is 1. The standard InChI is InChI=1S/C22H26N8O3S/c1-14(2)27-19-8-20(30-21-16(11-26-30)7-15(9-23)10-25-21)24-12-18(19)22(31)28-17-5-4-6-29(13-17)34(3,32)33/h7-8,10-12,14,17H,4-6,13H2,1-3H3,(H,24,27)(H,28,31). The minimum absolute atomic E-state index is 0.0443. The van der Waals surface area contributed by atoms with E-state index in [9.17, 15) is 13.2 Å². The summed E-state index contributed by atoms with van der Waals surface area (Å²) in [6.07, 6.45) is 7.12. The molecule has 1 saturated heterocycles. The first-order valence-electron chi connectivity index (χ1n) is 10.9. The van der Waals surface area contributed by atoms with Crippen LogP contribution in [0, 0.1) is 11.3 Å². The van der Waals surface area contributed by atoms with Gasteiger partial charge in [-0.2, -0.15) is 15.0 Å². The first-order chi connectivity index (χ1) is 16.2. The van der Waals surface area contributed by atoms with Crippen LogP contribution in [-0.2, 0) is 10.0 Å². The maximum Gasteiger partial charge on any atom is 0.255 e. The summed E-state index contributed by atoms with van der Waals surface area (Å²) in [7, 11) is -3.31. The zero-order valence-corrected chi connectivity index (χ0v) is 20.0. The Morgan fingerprint density at radius 1 is 1.24 bits per heavy atom. The van der Waals surface area contributed by atoms with Gasteiger partial charge in [-0.1, -0.05) is 0 Å². The largest absolute Gasteiger partial charge is 0.382 e. The zero-order valence-electron chi connectivity index (χ0n) is 19.2. The Morgan fingerprint density at radius 2 is 2.03 bits per heavy atom. The smallest absolute Gasteiger partial charge is 0.255 e. The molecule has 0 aliphatic carbocycles. The van der Waals surface area contributed by atoms with Crippen molar-refractivity contribution in [2.45, 2.75) is 38.8 Å². The van der Waals surface area contributed by atoms with Crippen LogP contribution in [0.2, 0.25) is 0 Å². The molecular weight excluding hydrogens is 456 g/mol. The number of amides is 1. The van der Waals surface area contributed by atoms with E-state index in [1.165, 1.54) is 23.0 Å². The molecule has 0 saturated carbocycles. The van der Waals surface area contributed by atoms with Crippen molar-refractivity contribution < 1.29 is 13.2 Å². The topological polar surface area (TPSA) is 146 Å². The molecule has 1 aliphatic heterocycles. The Bertz CT molecular complexity index is 1380. The lowest BCUT2D eigenvalue weighted by molar-refractivity contribution is 0.0922. The van der Waals surface area contributed by atoms with Gasteiger partial charge in [0.15, 0.2) is 11.5 Å². The molecule has 0 aromatic carbocycles. The maximum absolute atomic E-state index is 13.1. The van der Waals surface area contributed by atoms with E-state index in [0.717, 1.165) is 0 Å². The molecule has 2 N–H and O–H groups in total. The van der Waals surface area contributed by atoms with Crippen LogP contribution in [0.3, 0.4) is 0 Å². The molecule has 4 rings (SSSR count). The SMILES string of the molecule is CC(C)Nc1cc(-n2ncc3cc(C#N)cnc32)ncc1C(=O)NC1CCCN(S(C)(=O)=O)C1. The summed E-state index contributed by atoms with van der Waals surface area (Å²) in [5, 5.41) is 20.4. The summed E-state index contributed by atoms with van der Waals surface area (Å²) < 4.78 is 26.8. The Kier molecular flexibility index (Phi) is 6.49. The summed E-state index contributed by atoms with van der Waals surface area (Å²) in [4.78, 5) is 21.9. The van der Waals surface area contributed by atoms with Crippen molar-refractivity contribution in [3.63, 3.8) is 0 Å². The van der Waals surface area contributed by atoms with Crippen molar-refractivity contribution in [2.75, 3.05) is 24.7 Å². The number of fused-ring (bicyclic) bond motifs is 1. The number of carbonyl (C=O) groups is 1. The van der Waals surface area contributed by atoms with Crippen molar-refractivity contribution >= 4 is 32.7 Å². The summed E-state index contributed by atoms with van der Waals surface area (Å²) in [5.74, 6) is 0.137. The highest BCUT2D eigenvalue weighted by molar-refractivity contribution is 7.88. The van der Waals surface area contributed by atoms with Crippen LogP contribution in [0.25, 0.3) is 16.9 Å². The zero-order chi connectivity index (χ0) is 24.5. The second kappa shape index (κ2) is 9.36. The van der Waals surface area contributed by atoms with E-state index in [2.05, 4.69) is 31.8 Å². The van der Waals surface area contributed by atoms with E-state index in [0.29, 0.717) is 53.1 Å². The fourth-order valence-electron chi connectivity index (χ4n) is 3.95. The molecule has 1 atom stereocenters. The van der Waals surface area contributed by atoms with Gasteiger partial charge in [0.05, 0.1) is 29.3 Å². The average molecular weight is 483 g/mol. The number of pyridine rings is 2. The molecule has 1 amide bonds. The van der Waals surface area contributed by atoms with Gasteiger partial charge in [0.2, 0.25) is 10.0 Å². The third-order valence-electron chi connectivity index (χ3n) is 5.52. The molecule has 178 valence electrons. The van der Waals surface area contributed by atoms with Crippen LogP contribution in [0.1, 0.15) is 42.6 Å². The molecule has 0 bridgehead atoms. The second-order valence-electron chi connectivity index (χ2n) is 8.63. The molecule has 34 heavy (non-hydrogen) atoms. The highest BCUT2D eigenvalue weighted by atomic mass is 32.2. The van der Waals surface area contributed by atoms with Crippen molar-refractivity contribution in [2.24, 2.45) is 0 Å². The van der Waals surface area contributed by atoms with Crippen LogP contribution in [0.5, 0.6) is 0 Å². The number of hydrogen-bond acceptors (Lipinski definition) is 8. The van der Waals surface area contributed by atoms with Crippen LogP contribution in [0.15, 0.2) is 30.7 Å². The summed E-state index contributed by atoms with van der Waals surface area (Å²) in [6, 6.07) is 5.25. The molecule has 1 fully saturated rings. The predicted octanol–water partition coefficient (Wildman–Crippen LogP) is 1.66. The number of carbonyl (C=O) groups excluding carboxylic acids is 1. The number of nitrogens with zero attached hydrogens (tertiary/aromatic N) is 6. The number of hydrogen-bond donors (Lipinski definition) is 2. The molecule has 3 aromatic heterocycles. The van der Waals surface area contributed by atoms with Gasteiger partial charge in [0, 0.05) is 49.0 Å². The van der Waals surface area contributed by atoms with Gasteiger partial charge in [0.25, 0.3) is 5.91 Å². The molecule has 3 aromatic rings. The molecule has 1 unspecified atom stereocenters. The monoisotopic (exact) mass is 482 g/mol. The quantitative estimate of drug-likeness (QED) is 0.539. The van der Waals surface area contributed by atoms with Gasteiger partial charge >= 0.3 is 0 Å². The first kappa shape index (κ1) is 23.6. The van der Waals surface area contributed by atoms with Gasteiger partial charge in [-0.15, -0.1) is 0 Å². The predicted molar refractivity (Wildman–Crippen MR) is 127 cm³/mol. The number of anilines is 1. The number of piperidine rings is 1. The number of nitrogens with one attached hydrogen (secondary N) is 2. The Balaban J connectivity index is 1.62. The molecule has 12 heteroatoms. The lowest BCUT2D eigenvalue weighted by Gasteiger charge is -2.31. The number of nitriles is 1. The van der Waals surface area contributed by atoms with Crippen molar-refractivity contribution in [3.05, 3.63) is 41.9 Å². The Hall–Kier alpha value is -3.56. The summed E-state index contributed by atoms with van der Waals surface area (Å²) in [6.45, 7) is 4.63. The fourth-order valence-corrected chi connectivity index (χ4v) is 4.86. The highest BCUT2D eigenvalue weighted by Gasteiger charge is 2.28. The first-order valence-corrected chi connectivity index (χ1v) is 12.8. The van der Waals surface area contributed by atoms with Crippen molar-refractivity contribution in [3.8, 4) is 11.9 Å². The molecule has 1 aliphatic rings. The van der Waals surface area contributed by atoms with Crippen LogP contribution in [-0.4, -0.2) is 69.8 Å². The van der Waals surface area contributed by atoms with Gasteiger partial charge in [-0.25, -0.2) is 22.7 Å². The average Bonchev–Trinajstić information content (AvgIpc) is 3.21. The van der Waals surface area contributed by atoms with E-state index >= 15 is 0 Å². The van der Waals surface area contributed by atoms with E-state index in [4.69, 9.17) is 5.26 Å². The van der Waals surface area contributed by atoms with E-state index in [1.807, 2.05) is 13.8 Å². The van der Waals surface area contributed by atoms with Crippen LogP contribution >= 0.6 is 0 Å². The Labute approximate surface area is 197 Å². The lowest BCUT2D eigenvalue weighted by atomic mass is 10.1. The van der Waals surface area contributed by atoms with E-state index in [-0.39, 0.29) is 24.5 Å². The molecule has 0 radical (unpaired) electrons. The molecule has 11 nitrogen and oxygen atoms in total. The van der Waals surface area contributed by atoms with Gasteiger partial charge in [0.1, 0.15) is 6.07 Å². The van der Waals surface area contributed by atoms with Gasteiger partial charge in [-0.05, 0) is 32.8 Å². The second-order valence-corrected chi connectivity index (χ2v) is 10.6. The van der Waals surface area contributed by atoms with Gasteiger partial charge in [-0.3, -0.25) is 4.79 Å². The highest BCUT2D eigenvalue weighted by Crippen LogP contribution is 2.23. The molecular formula is C22H26N8O3S. The number of aromatic nitrogens is 4. The third-order valence-corrected chi connectivity index (χ3v) is 6.79. The maximum atomic E-state index is 13.1. The van der Waals surface area contributed by atoms with Crippen LogP contribution < -0.4 is 10.6 Å². The minimum atomic E-state index is -3.31. The van der Waals surface area contributed by atoms with Crippen LogP contribution in [0.4, 0.5) is 5.69 Å². The number of rotatable bonds is 6. The van der Waals surface area contributed by atoms with Crippen molar-refractivity contribution in [1.29, 1.82) is 5.26 Å². The fraction of sp³-hybridized carbons (Fsp3) is 0.409. The lowest BCUT2D eigenvalue weighted by Crippen LogP contribution is -2.49. The summed E-state index contributed by atoms with van der Waals surface area (Å²) >= 11 is 0. The van der Waals surface area contributed by atoms with E-state index < -0.39 is 10.0 Å². The normalized spacial score (nSPS) is 17.0. The molecule has 0 spiro atoms.